The molecular weight excluding hydrogens is 572 g/mol. The van der Waals surface area contributed by atoms with Crippen LogP contribution in [0.15, 0.2) is 60.7 Å². The molecule has 0 aliphatic rings. The van der Waals surface area contributed by atoms with Crippen molar-refractivity contribution in [3.05, 3.63) is 71.2 Å². The van der Waals surface area contributed by atoms with Crippen LogP contribution in [0.4, 0.5) is 0 Å². The molecule has 44 heavy (non-hydrogen) atoms. The zero-order valence-corrected chi connectivity index (χ0v) is 27.5. The lowest BCUT2D eigenvalue weighted by Gasteiger charge is -2.15. The monoisotopic (exact) mass is 620 g/mol. The van der Waals surface area contributed by atoms with Gasteiger partial charge in [-0.3, -0.25) is 4.79 Å². The van der Waals surface area contributed by atoms with Gasteiger partial charge in [0, 0.05) is 5.56 Å². The molecule has 0 spiro atoms. The van der Waals surface area contributed by atoms with E-state index >= 15 is 0 Å². The molecule has 0 unspecified atom stereocenters. The summed E-state index contributed by atoms with van der Waals surface area (Å²) in [5.74, 6) is -0.352. The number of halogens is 1. The standard InChI is InChI=1S/C38H49ClO5/c1-4-6-7-8-9-10-11-12-13-14-15-16-27-43-34-26-25-33(37(40)41)36(39)35(34)31-19-17-29(18-20-31)30-21-23-32(24-22-30)44-38(42)28(3)5-2/h17-26,28H,4-16,27H2,1-3H3,(H,40,41)/t28-/m0/s1. The average Bonchev–Trinajstić information content (AvgIpc) is 3.03. The predicted molar refractivity (Wildman–Crippen MR) is 181 cm³/mol. The van der Waals surface area contributed by atoms with Crippen LogP contribution >= 0.6 is 11.6 Å². The van der Waals surface area contributed by atoms with Crippen LogP contribution in [0.25, 0.3) is 22.3 Å². The minimum Gasteiger partial charge on any atom is -0.493 e. The van der Waals surface area contributed by atoms with Crippen LogP contribution in [-0.4, -0.2) is 23.7 Å². The highest BCUT2D eigenvalue weighted by Crippen LogP contribution is 2.40. The summed E-state index contributed by atoms with van der Waals surface area (Å²) in [4.78, 5) is 23.9. The highest BCUT2D eigenvalue weighted by Gasteiger charge is 2.19. The average molecular weight is 621 g/mol. The van der Waals surface area contributed by atoms with Gasteiger partial charge < -0.3 is 14.6 Å². The summed E-state index contributed by atoms with van der Waals surface area (Å²) >= 11 is 6.65. The first-order chi connectivity index (χ1) is 21.3. The van der Waals surface area contributed by atoms with Gasteiger partial charge in [0.1, 0.15) is 11.5 Å². The van der Waals surface area contributed by atoms with Gasteiger partial charge >= 0.3 is 11.9 Å². The lowest BCUT2D eigenvalue weighted by atomic mass is 9.98. The SMILES string of the molecule is CCCCCCCCCCCCCCOc1ccc(C(=O)O)c(Cl)c1-c1ccc(-c2ccc(OC(=O)[C@@H](C)CC)cc2)cc1. The number of carboxylic acids is 1. The zero-order chi connectivity index (χ0) is 31.7. The van der Waals surface area contributed by atoms with Crippen LogP contribution in [-0.2, 0) is 4.79 Å². The Morgan fingerprint density at radius 1 is 0.705 bits per heavy atom. The maximum atomic E-state index is 12.1. The number of rotatable bonds is 20. The quantitative estimate of drug-likeness (QED) is 0.0772. The summed E-state index contributed by atoms with van der Waals surface area (Å²) in [5.41, 5.74) is 3.35. The molecule has 238 valence electrons. The van der Waals surface area contributed by atoms with E-state index in [1.807, 2.05) is 50.2 Å². The van der Waals surface area contributed by atoms with Crippen LogP contribution in [0.3, 0.4) is 0 Å². The molecule has 0 aliphatic carbocycles. The molecule has 5 nitrogen and oxygen atoms in total. The molecule has 0 aromatic heterocycles. The summed E-state index contributed by atoms with van der Waals surface area (Å²) < 4.78 is 11.6. The Morgan fingerprint density at radius 3 is 1.73 bits per heavy atom. The van der Waals surface area contributed by atoms with Gasteiger partial charge in [-0.05, 0) is 53.8 Å². The van der Waals surface area contributed by atoms with Gasteiger partial charge in [0.05, 0.1) is 23.1 Å². The van der Waals surface area contributed by atoms with E-state index in [0.29, 0.717) is 23.7 Å². The Morgan fingerprint density at radius 2 is 1.20 bits per heavy atom. The fourth-order valence-corrected chi connectivity index (χ4v) is 5.51. The van der Waals surface area contributed by atoms with Crippen LogP contribution in [0.5, 0.6) is 11.5 Å². The summed E-state index contributed by atoms with van der Waals surface area (Å²) in [7, 11) is 0. The fourth-order valence-electron chi connectivity index (χ4n) is 5.17. The Bertz CT molecular complexity index is 1300. The van der Waals surface area contributed by atoms with Crippen molar-refractivity contribution in [2.75, 3.05) is 6.61 Å². The number of hydrogen-bond donors (Lipinski definition) is 1. The summed E-state index contributed by atoms with van der Waals surface area (Å²) in [5, 5.41) is 9.86. The largest absolute Gasteiger partial charge is 0.493 e. The molecule has 0 saturated heterocycles. The van der Waals surface area contributed by atoms with Crippen molar-refractivity contribution in [3.8, 4) is 33.8 Å². The lowest BCUT2D eigenvalue weighted by molar-refractivity contribution is -0.138. The maximum absolute atomic E-state index is 12.1. The minimum atomic E-state index is -1.07. The molecule has 6 heteroatoms. The predicted octanol–water partition coefficient (Wildman–Crippen LogP) is 11.4. The van der Waals surface area contributed by atoms with Gasteiger partial charge in [0.2, 0.25) is 0 Å². The maximum Gasteiger partial charge on any atom is 0.337 e. The molecule has 3 aromatic carbocycles. The second-order valence-electron chi connectivity index (χ2n) is 11.7. The Hall–Kier alpha value is -3.31. The molecule has 1 N–H and O–H groups in total. The number of carbonyl (C=O) groups excluding carboxylic acids is 1. The first kappa shape index (κ1) is 35.2. The molecule has 1 atom stereocenters. The second-order valence-corrected chi connectivity index (χ2v) is 12.1. The molecule has 0 bridgehead atoms. The number of esters is 1. The molecular formula is C38H49ClO5. The molecule has 0 amide bonds. The number of unbranched alkanes of at least 4 members (excludes halogenated alkanes) is 11. The molecule has 0 heterocycles. The smallest absolute Gasteiger partial charge is 0.337 e. The highest BCUT2D eigenvalue weighted by atomic mass is 35.5. The number of benzene rings is 3. The number of carbonyl (C=O) groups is 2. The normalized spacial score (nSPS) is 11.7. The van der Waals surface area contributed by atoms with Crippen LogP contribution in [0.1, 0.15) is 115 Å². The Labute approximate surface area is 268 Å². The number of carboxylic acid groups (broad SMARTS) is 1. The van der Waals surface area contributed by atoms with Gasteiger partial charge in [-0.15, -0.1) is 0 Å². The number of aromatic carboxylic acids is 1. The summed E-state index contributed by atoms with van der Waals surface area (Å²) in [6.45, 7) is 6.62. The van der Waals surface area contributed by atoms with Crippen molar-refractivity contribution in [1.29, 1.82) is 0 Å². The van der Waals surface area contributed by atoms with Crippen molar-refractivity contribution < 1.29 is 24.2 Å². The fraction of sp³-hybridized carbons (Fsp3) is 0.474. The van der Waals surface area contributed by atoms with Gasteiger partial charge in [-0.2, -0.15) is 0 Å². The van der Waals surface area contributed by atoms with Crippen molar-refractivity contribution >= 4 is 23.5 Å². The first-order valence-electron chi connectivity index (χ1n) is 16.5. The zero-order valence-electron chi connectivity index (χ0n) is 26.7. The van der Waals surface area contributed by atoms with Gasteiger partial charge in [0.15, 0.2) is 0 Å². The van der Waals surface area contributed by atoms with E-state index in [2.05, 4.69) is 6.92 Å². The molecule has 3 aromatic rings. The van der Waals surface area contributed by atoms with Crippen molar-refractivity contribution in [2.45, 2.75) is 104 Å². The second kappa shape index (κ2) is 19.2. The van der Waals surface area contributed by atoms with Crippen LogP contribution in [0, 0.1) is 5.92 Å². The number of ether oxygens (including phenoxy) is 2. The van der Waals surface area contributed by atoms with Crippen molar-refractivity contribution in [1.82, 2.24) is 0 Å². The Kier molecular flexibility index (Phi) is 15.3. The van der Waals surface area contributed by atoms with Gasteiger partial charge in [-0.1, -0.05) is 139 Å². The lowest BCUT2D eigenvalue weighted by Crippen LogP contribution is -2.16. The van der Waals surface area contributed by atoms with E-state index in [-0.39, 0.29) is 22.5 Å². The van der Waals surface area contributed by atoms with E-state index in [1.54, 1.807) is 18.2 Å². The van der Waals surface area contributed by atoms with E-state index in [1.165, 1.54) is 70.3 Å². The Balaban J connectivity index is 1.57. The van der Waals surface area contributed by atoms with E-state index in [0.717, 1.165) is 36.0 Å². The van der Waals surface area contributed by atoms with Crippen molar-refractivity contribution in [3.63, 3.8) is 0 Å². The molecule has 0 saturated carbocycles. The third-order valence-electron chi connectivity index (χ3n) is 8.18. The highest BCUT2D eigenvalue weighted by molar-refractivity contribution is 6.36. The molecule has 0 fully saturated rings. The minimum absolute atomic E-state index is 0.0472. The number of hydrogen-bond acceptors (Lipinski definition) is 4. The van der Waals surface area contributed by atoms with Gasteiger partial charge in [-0.25, -0.2) is 4.79 Å². The molecule has 0 aliphatic heterocycles. The van der Waals surface area contributed by atoms with Gasteiger partial charge in [0.25, 0.3) is 0 Å². The van der Waals surface area contributed by atoms with Crippen LogP contribution in [0.2, 0.25) is 5.02 Å². The third kappa shape index (κ3) is 11.0. The molecule has 0 radical (unpaired) electrons. The summed E-state index contributed by atoms with van der Waals surface area (Å²) in [6.07, 6.45) is 16.0. The van der Waals surface area contributed by atoms with E-state index in [4.69, 9.17) is 21.1 Å². The van der Waals surface area contributed by atoms with Crippen molar-refractivity contribution in [2.24, 2.45) is 5.92 Å². The van der Waals surface area contributed by atoms with Crippen LogP contribution < -0.4 is 9.47 Å². The summed E-state index contributed by atoms with van der Waals surface area (Å²) in [6, 6.07) is 18.4. The van der Waals surface area contributed by atoms with E-state index in [9.17, 15) is 14.7 Å². The van der Waals surface area contributed by atoms with E-state index < -0.39 is 5.97 Å². The first-order valence-corrected chi connectivity index (χ1v) is 16.8. The molecule has 3 rings (SSSR count). The topological polar surface area (TPSA) is 72.8 Å². The third-order valence-corrected chi connectivity index (χ3v) is 8.58.